The number of primary amides is 1. The molecule has 31 heavy (non-hydrogen) atoms. The number of aromatic nitrogens is 1. The zero-order valence-corrected chi connectivity index (χ0v) is 18.1. The third kappa shape index (κ3) is 3.88. The van der Waals surface area contributed by atoms with E-state index < -0.39 is 0 Å². The number of carbonyl (C=O) groups is 1. The molecule has 0 aliphatic carbocycles. The van der Waals surface area contributed by atoms with Crippen molar-refractivity contribution in [2.75, 3.05) is 49.1 Å². The van der Waals surface area contributed by atoms with Gasteiger partial charge in [-0.3, -0.25) is 9.69 Å². The largest absolute Gasteiger partial charge is 0.369 e. The van der Waals surface area contributed by atoms with E-state index in [2.05, 4.69) is 62.1 Å². The number of nitrogens with zero attached hydrogens (tertiary/aromatic N) is 3. The molecule has 0 spiro atoms. The van der Waals surface area contributed by atoms with Crippen LogP contribution in [0, 0.1) is 0 Å². The standard InChI is InChI=1S/C25H31N5O/c1-18(25(26)31)30-17-20(22-4-2-3-5-24(22)30)9-11-28-12-14-29(15-13-28)21-6-7-23-19(16-21)8-10-27-23/h2-8,10,16,18,20,27H,9,11-15,17H2,1H3,(H2,26,31). The second-order valence-corrected chi connectivity index (χ2v) is 8.85. The SMILES string of the molecule is CC(C(N)=O)N1CC(CCN2CCN(c3ccc4[nH]ccc4c3)CC2)c2ccccc21. The minimum atomic E-state index is -0.271. The molecular formula is C25H31N5O. The van der Waals surface area contributed by atoms with Crippen LogP contribution in [-0.2, 0) is 4.79 Å². The van der Waals surface area contributed by atoms with Crippen LogP contribution in [0.5, 0.6) is 0 Å². The van der Waals surface area contributed by atoms with Crippen molar-refractivity contribution < 1.29 is 4.79 Å². The molecule has 6 heteroatoms. The van der Waals surface area contributed by atoms with Crippen molar-refractivity contribution in [3.05, 3.63) is 60.3 Å². The molecule has 2 aliphatic rings. The first-order valence-electron chi connectivity index (χ1n) is 11.3. The number of hydrogen-bond acceptors (Lipinski definition) is 4. The van der Waals surface area contributed by atoms with Crippen LogP contribution >= 0.6 is 0 Å². The smallest absolute Gasteiger partial charge is 0.239 e. The summed E-state index contributed by atoms with van der Waals surface area (Å²) in [6.45, 7) is 8.15. The molecule has 0 bridgehead atoms. The molecule has 1 amide bonds. The number of fused-ring (bicyclic) bond motifs is 2. The van der Waals surface area contributed by atoms with E-state index in [1.165, 1.54) is 27.8 Å². The first kappa shape index (κ1) is 19.9. The Morgan fingerprint density at radius 2 is 1.94 bits per heavy atom. The molecule has 3 aromatic rings. The Morgan fingerprint density at radius 1 is 1.13 bits per heavy atom. The second-order valence-electron chi connectivity index (χ2n) is 8.85. The summed E-state index contributed by atoms with van der Waals surface area (Å²) in [6.07, 6.45) is 3.10. The van der Waals surface area contributed by atoms with Crippen LogP contribution in [0.3, 0.4) is 0 Å². The fourth-order valence-corrected chi connectivity index (χ4v) is 5.10. The number of benzene rings is 2. The van der Waals surface area contributed by atoms with Gasteiger partial charge in [-0.15, -0.1) is 0 Å². The summed E-state index contributed by atoms with van der Waals surface area (Å²) >= 11 is 0. The van der Waals surface area contributed by atoms with Gasteiger partial charge in [0.1, 0.15) is 6.04 Å². The van der Waals surface area contributed by atoms with Gasteiger partial charge in [-0.2, -0.15) is 0 Å². The second kappa shape index (κ2) is 8.27. The summed E-state index contributed by atoms with van der Waals surface area (Å²) in [5.74, 6) is 0.191. The van der Waals surface area contributed by atoms with E-state index in [-0.39, 0.29) is 11.9 Å². The number of nitrogens with one attached hydrogen (secondary N) is 1. The van der Waals surface area contributed by atoms with Crippen LogP contribution < -0.4 is 15.5 Å². The zero-order chi connectivity index (χ0) is 21.4. The lowest BCUT2D eigenvalue weighted by atomic mass is 9.97. The number of aromatic amines is 1. The summed E-state index contributed by atoms with van der Waals surface area (Å²) in [4.78, 5) is 22.3. The summed E-state index contributed by atoms with van der Waals surface area (Å²) in [5, 5.41) is 1.27. The van der Waals surface area contributed by atoms with Gasteiger partial charge in [-0.25, -0.2) is 0 Å². The highest BCUT2D eigenvalue weighted by Gasteiger charge is 2.33. The highest BCUT2D eigenvalue weighted by Crippen LogP contribution is 2.39. The van der Waals surface area contributed by atoms with Crippen molar-refractivity contribution >= 4 is 28.2 Å². The van der Waals surface area contributed by atoms with Crippen LogP contribution in [0.4, 0.5) is 11.4 Å². The average molecular weight is 418 g/mol. The number of rotatable bonds is 6. The summed E-state index contributed by atoms with van der Waals surface area (Å²) in [6, 6.07) is 17.0. The molecule has 2 aliphatic heterocycles. The predicted octanol–water partition coefficient (Wildman–Crippen LogP) is 3.16. The molecule has 1 saturated heterocycles. The van der Waals surface area contributed by atoms with E-state index in [0.717, 1.165) is 45.7 Å². The molecule has 1 aromatic heterocycles. The van der Waals surface area contributed by atoms with Gasteiger partial charge in [0.25, 0.3) is 0 Å². The molecule has 2 aromatic carbocycles. The summed E-state index contributed by atoms with van der Waals surface area (Å²) in [7, 11) is 0. The molecule has 0 radical (unpaired) electrons. The van der Waals surface area contributed by atoms with Crippen molar-refractivity contribution in [1.29, 1.82) is 0 Å². The van der Waals surface area contributed by atoms with Gasteiger partial charge < -0.3 is 20.5 Å². The molecule has 162 valence electrons. The third-order valence-electron chi connectivity index (χ3n) is 7.05. The molecule has 2 unspecified atom stereocenters. The van der Waals surface area contributed by atoms with Gasteiger partial charge in [0.05, 0.1) is 0 Å². The normalized spacial score (nSPS) is 20.2. The Bertz CT molecular complexity index is 1070. The summed E-state index contributed by atoms with van der Waals surface area (Å²) in [5.41, 5.74) is 10.6. The minimum absolute atomic E-state index is 0.260. The Morgan fingerprint density at radius 3 is 2.74 bits per heavy atom. The van der Waals surface area contributed by atoms with Gasteiger partial charge in [0.2, 0.25) is 5.91 Å². The number of para-hydroxylation sites is 1. The number of piperazine rings is 1. The fourth-order valence-electron chi connectivity index (χ4n) is 5.10. The lowest BCUT2D eigenvalue weighted by Crippen LogP contribution is -2.47. The summed E-state index contributed by atoms with van der Waals surface area (Å²) < 4.78 is 0. The van der Waals surface area contributed by atoms with Crippen molar-refractivity contribution in [3.63, 3.8) is 0 Å². The molecule has 3 N–H and O–H groups in total. The number of amides is 1. The van der Waals surface area contributed by atoms with E-state index >= 15 is 0 Å². The lowest BCUT2D eigenvalue weighted by molar-refractivity contribution is -0.118. The Hall–Kier alpha value is -2.99. The van der Waals surface area contributed by atoms with Crippen LogP contribution in [0.25, 0.3) is 10.9 Å². The van der Waals surface area contributed by atoms with Gasteiger partial charge in [-0.05, 0) is 55.8 Å². The molecule has 6 nitrogen and oxygen atoms in total. The van der Waals surface area contributed by atoms with Crippen LogP contribution in [0.15, 0.2) is 54.7 Å². The highest BCUT2D eigenvalue weighted by atomic mass is 16.1. The topological polar surface area (TPSA) is 68.6 Å². The molecule has 2 atom stereocenters. The van der Waals surface area contributed by atoms with Crippen molar-refractivity contribution in [2.45, 2.75) is 25.3 Å². The Labute approximate surface area is 183 Å². The minimum Gasteiger partial charge on any atom is -0.369 e. The van der Waals surface area contributed by atoms with Crippen molar-refractivity contribution in [3.8, 4) is 0 Å². The van der Waals surface area contributed by atoms with Gasteiger partial charge in [0.15, 0.2) is 0 Å². The first-order valence-corrected chi connectivity index (χ1v) is 11.3. The average Bonchev–Trinajstić information content (AvgIpc) is 3.41. The van der Waals surface area contributed by atoms with E-state index in [9.17, 15) is 4.79 Å². The lowest BCUT2D eigenvalue weighted by Gasteiger charge is -2.36. The number of hydrogen-bond donors (Lipinski definition) is 2. The van der Waals surface area contributed by atoms with E-state index in [1.807, 2.05) is 19.2 Å². The zero-order valence-electron chi connectivity index (χ0n) is 18.1. The third-order valence-corrected chi connectivity index (χ3v) is 7.05. The van der Waals surface area contributed by atoms with Crippen molar-refractivity contribution in [1.82, 2.24) is 9.88 Å². The van der Waals surface area contributed by atoms with Gasteiger partial charge in [-0.1, -0.05) is 18.2 Å². The maximum atomic E-state index is 11.8. The van der Waals surface area contributed by atoms with Crippen LogP contribution in [0.2, 0.25) is 0 Å². The maximum absolute atomic E-state index is 11.8. The number of nitrogens with two attached hydrogens (primary N) is 1. The highest BCUT2D eigenvalue weighted by molar-refractivity contribution is 5.84. The number of anilines is 2. The predicted molar refractivity (Wildman–Crippen MR) is 127 cm³/mol. The van der Waals surface area contributed by atoms with Gasteiger partial charge >= 0.3 is 0 Å². The Kier molecular flexibility index (Phi) is 5.32. The number of H-pyrrole nitrogens is 1. The quantitative estimate of drug-likeness (QED) is 0.647. The molecule has 5 rings (SSSR count). The molecule has 3 heterocycles. The van der Waals surface area contributed by atoms with Gasteiger partial charge in [0, 0.05) is 67.1 Å². The van der Waals surface area contributed by atoms with E-state index in [4.69, 9.17) is 5.73 Å². The fraction of sp³-hybridized carbons (Fsp3) is 0.400. The molecular weight excluding hydrogens is 386 g/mol. The first-order chi connectivity index (χ1) is 15.1. The monoisotopic (exact) mass is 417 g/mol. The van der Waals surface area contributed by atoms with E-state index in [1.54, 1.807) is 0 Å². The maximum Gasteiger partial charge on any atom is 0.239 e. The van der Waals surface area contributed by atoms with Crippen LogP contribution in [0.1, 0.15) is 24.8 Å². The Balaban J connectivity index is 1.18. The molecule has 0 saturated carbocycles. The van der Waals surface area contributed by atoms with Crippen LogP contribution in [-0.4, -0.2) is 61.1 Å². The molecule has 1 fully saturated rings. The number of carbonyl (C=O) groups excluding carboxylic acids is 1. The van der Waals surface area contributed by atoms with Crippen molar-refractivity contribution in [2.24, 2.45) is 5.73 Å². The van der Waals surface area contributed by atoms with E-state index in [0.29, 0.717) is 5.92 Å².